The number of rotatable bonds is 3. The van der Waals surface area contributed by atoms with Gasteiger partial charge in [0, 0.05) is 0 Å². The van der Waals surface area contributed by atoms with Crippen molar-refractivity contribution in [3.63, 3.8) is 0 Å². The molecule has 0 aliphatic carbocycles. The number of methoxy groups -OCH3 is 1. The summed E-state index contributed by atoms with van der Waals surface area (Å²) in [5, 5.41) is 0. The number of carbonyl (C=O) groups excluding carboxylic acids is 1. The van der Waals surface area contributed by atoms with Crippen LogP contribution in [-0.4, -0.2) is 13.0 Å². The molecule has 1 amide bonds. The van der Waals surface area contributed by atoms with E-state index in [0.29, 0.717) is 11.4 Å². The predicted molar refractivity (Wildman–Crippen MR) is 55.0 cm³/mol. The lowest BCUT2D eigenvalue weighted by molar-refractivity contribution is -0.117. The van der Waals surface area contributed by atoms with E-state index < -0.39 is 0 Å². The van der Waals surface area contributed by atoms with Crippen molar-refractivity contribution in [3.8, 4) is 5.75 Å². The Morgan fingerprint density at radius 2 is 2.14 bits per heavy atom. The van der Waals surface area contributed by atoms with Gasteiger partial charge in [-0.05, 0) is 30.2 Å². The average Bonchev–Trinajstić information content (AvgIpc) is 2.09. The maximum absolute atomic E-state index is 10.8. The quantitative estimate of drug-likeness (QED) is 0.692. The first-order chi connectivity index (χ1) is 6.54. The van der Waals surface area contributed by atoms with Crippen LogP contribution in [0.1, 0.15) is 11.1 Å². The standard InChI is InChI=1S/C10H14N2O2/c1-6-3-8(11)9(14-2)4-7(6)5-10(12)13/h3-4H,5,11H2,1-2H3,(H2,12,13). The summed E-state index contributed by atoms with van der Waals surface area (Å²) in [5.74, 6) is 0.215. The summed E-state index contributed by atoms with van der Waals surface area (Å²) in [7, 11) is 1.54. The zero-order valence-corrected chi connectivity index (χ0v) is 8.33. The second-order valence-corrected chi connectivity index (χ2v) is 3.16. The van der Waals surface area contributed by atoms with Crippen molar-refractivity contribution in [3.05, 3.63) is 23.3 Å². The number of primary amides is 1. The van der Waals surface area contributed by atoms with Crippen molar-refractivity contribution in [1.29, 1.82) is 0 Å². The molecule has 4 heteroatoms. The summed E-state index contributed by atoms with van der Waals surface area (Å²) in [6, 6.07) is 3.52. The Hall–Kier alpha value is -1.71. The topological polar surface area (TPSA) is 78.3 Å². The molecule has 0 saturated heterocycles. The largest absolute Gasteiger partial charge is 0.495 e. The minimum Gasteiger partial charge on any atom is -0.495 e. The smallest absolute Gasteiger partial charge is 0.221 e. The van der Waals surface area contributed by atoms with Crippen LogP contribution in [0.3, 0.4) is 0 Å². The summed E-state index contributed by atoms with van der Waals surface area (Å²) < 4.78 is 5.05. The molecular formula is C10H14N2O2. The fraction of sp³-hybridized carbons (Fsp3) is 0.300. The van der Waals surface area contributed by atoms with E-state index in [4.69, 9.17) is 16.2 Å². The summed E-state index contributed by atoms with van der Waals surface area (Å²) >= 11 is 0. The molecule has 4 N–H and O–H groups in total. The number of nitrogen functional groups attached to an aromatic ring is 1. The first kappa shape index (κ1) is 10.4. The Morgan fingerprint density at radius 3 is 2.64 bits per heavy atom. The lowest BCUT2D eigenvalue weighted by Crippen LogP contribution is -2.14. The van der Waals surface area contributed by atoms with Gasteiger partial charge in [-0.3, -0.25) is 4.79 Å². The van der Waals surface area contributed by atoms with Crippen LogP contribution in [-0.2, 0) is 11.2 Å². The predicted octanol–water partition coefficient (Wildman–Crippen LogP) is 0.614. The van der Waals surface area contributed by atoms with Crippen LogP contribution in [0.2, 0.25) is 0 Å². The minimum absolute atomic E-state index is 0.211. The SMILES string of the molecule is COc1cc(CC(N)=O)c(C)cc1N. The number of benzene rings is 1. The van der Waals surface area contributed by atoms with Crippen molar-refractivity contribution in [2.75, 3.05) is 12.8 Å². The molecule has 0 aliphatic heterocycles. The molecule has 0 fully saturated rings. The highest BCUT2D eigenvalue weighted by Crippen LogP contribution is 2.25. The van der Waals surface area contributed by atoms with Crippen LogP contribution in [0.4, 0.5) is 5.69 Å². The summed E-state index contributed by atoms with van der Waals surface area (Å²) in [4.78, 5) is 10.8. The fourth-order valence-electron chi connectivity index (χ4n) is 1.31. The third-order valence-corrected chi connectivity index (χ3v) is 2.05. The molecule has 4 nitrogen and oxygen atoms in total. The van der Waals surface area contributed by atoms with E-state index in [1.165, 1.54) is 7.11 Å². The van der Waals surface area contributed by atoms with Crippen molar-refractivity contribution < 1.29 is 9.53 Å². The Labute approximate surface area is 82.8 Å². The minimum atomic E-state index is -0.361. The first-order valence-electron chi connectivity index (χ1n) is 4.26. The zero-order valence-electron chi connectivity index (χ0n) is 8.33. The molecule has 0 radical (unpaired) electrons. The number of carbonyl (C=O) groups is 1. The number of nitrogens with two attached hydrogens (primary N) is 2. The molecular weight excluding hydrogens is 180 g/mol. The number of aryl methyl sites for hydroxylation is 1. The third-order valence-electron chi connectivity index (χ3n) is 2.05. The number of anilines is 1. The van der Waals surface area contributed by atoms with Crippen LogP contribution < -0.4 is 16.2 Å². The van der Waals surface area contributed by atoms with Crippen molar-refractivity contribution in [1.82, 2.24) is 0 Å². The summed E-state index contributed by atoms with van der Waals surface area (Å²) in [5.41, 5.74) is 13.2. The van der Waals surface area contributed by atoms with Gasteiger partial charge in [0.05, 0.1) is 19.2 Å². The highest BCUT2D eigenvalue weighted by Gasteiger charge is 2.07. The average molecular weight is 194 g/mol. The summed E-state index contributed by atoms with van der Waals surface area (Å²) in [6.45, 7) is 1.88. The maximum Gasteiger partial charge on any atom is 0.221 e. The molecule has 1 aromatic carbocycles. The molecule has 0 heterocycles. The Bertz CT molecular complexity index is 361. The first-order valence-corrected chi connectivity index (χ1v) is 4.26. The molecule has 0 atom stereocenters. The Kier molecular flexibility index (Phi) is 2.96. The normalized spacial score (nSPS) is 9.86. The lowest BCUT2D eigenvalue weighted by Gasteiger charge is -2.09. The van der Waals surface area contributed by atoms with E-state index in [0.717, 1.165) is 11.1 Å². The van der Waals surface area contributed by atoms with Crippen LogP contribution in [0, 0.1) is 6.92 Å². The van der Waals surface area contributed by atoms with Crippen LogP contribution >= 0.6 is 0 Å². The van der Waals surface area contributed by atoms with Gasteiger partial charge in [-0.2, -0.15) is 0 Å². The van der Waals surface area contributed by atoms with Gasteiger partial charge >= 0.3 is 0 Å². The lowest BCUT2D eigenvalue weighted by atomic mass is 10.0. The molecule has 0 aliphatic rings. The molecule has 1 rings (SSSR count). The van der Waals surface area contributed by atoms with Gasteiger partial charge in [0.1, 0.15) is 5.75 Å². The highest BCUT2D eigenvalue weighted by atomic mass is 16.5. The van der Waals surface area contributed by atoms with Crippen molar-refractivity contribution >= 4 is 11.6 Å². The molecule has 14 heavy (non-hydrogen) atoms. The second kappa shape index (κ2) is 4.00. The van der Waals surface area contributed by atoms with Crippen LogP contribution in [0.15, 0.2) is 12.1 Å². The maximum atomic E-state index is 10.8. The number of hydrogen-bond donors (Lipinski definition) is 2. The van der Waals surface area contributed by atoms with E-state index in [1.54, 1.807) is 12.1 Å². The third kappa shape index (κ3) is 2.16. The molecule has 76 valence electrons. The fourth-order valence-corrected chi connectivity index (χ4v) is 1.31. The number of ether oxygens (including phenoxy) is 1. The van der Waals surface area contributed by atoms with Gasteiger partial charge in [-0.25, -0.2) is 0 Å². The van der Waals surface area contributed by atoms with Gasteiger partial charge in [0.15, 0.2) is 0 Å². The molecule has 0 spiro atoms. The van der Waals surface area contributed by atoms with Gasteiger partial charge < -0.3 is 16.2 Å². The molecule has 0 aromatic heterocycles. The number of amides is 1. The van der Waals surface area contributed by atoms with Crippen molar-refractivity contribution in [2.45, 2.75) is 13.3 Å². The van der Waals surface area contributed by atoms with Crippen LogP contribution in [0.5, 0.6) is 5.75 Å². The Balaban J connectivity index is 3.10. The van der Waals surface area contributed by atoms with Crippen molar-refractivity contribution in [2.24, 2.45) is 5.73 Å². The van der Waals surface area contributed by atoms with Gasteiger partial charge in [0.2, 0.25) is 5.91 Å². The van der Waals surface area contributed by atoms with E-state index in [-0.39, 0.29) is 12.3 Å². The molecule has 0 saturated carbocycles. The zero-order chi connectivity index (χ0) is 10.7. The van der Waals surface area contributed by atoms with E-state index in [9.17, 15) is 4.79 Å². The Morgan fingerprint density at radius 1 is 1.50 bits per heavy atom. The number of hydrogen-bond acceptors (Lipinski definition) is 3. The molecule has 0 unspecified atom stereocenters. The highest BCUT2D eigenvalue weighted by molar-refractivity contribution is 5.77. The second-order valence-electron chi connectivity index (χ2n) is 3.16. The van der Waals surface area contributed by atoms with E-state index in [2.05, 4.69) is 0 Å². The molecule has 0 bridgehead atoms. The molecule has 1 aromatic rings. The van der Waals surface area contributed by atoms with E-state index in [1.807, 2.05) is 6.92 Å². The summed E-state index contributed by atoms with van der Waals surface area (Å²) in [6.07, 6.45) is 0.211. The van der Waals surface area contributed by atoms with Gasteiger partial charge in [-0.15, -0.1) is 0 Å². The van der Waals surface area contributed by atoms with Gasteiger partial charge in [-0.1, -0.05) is 0 Å². The van der Waals surface area contributed by atoms with Gasteiger partial charge in [0.25, 0.3) is 0 Å². The van der Waals surface area contributed by atoms with E-state index >= 15 is 0 Å². The van der Waals surface area contributed by atoms with Crippen LogP contribution in [0.25, 0.3) is 0 Å². The monoisotopic (exact) mass is 194 g/mol.